The molecule has 5 aromatic rings. The second kappa shape index (κ2) is 8.09. The molecule has 0 unspecified atom stereocenters. The largest absolute Gasteiger partial charge is 0.319 e. The number of nitrogens with zero attached hydrogens (tertiary/aromatic N) is 6. The quantitative estimate of drug-likeness (QED) is 0.376. The molecule has 34 heavy (non-hydrogen) atoms. The number of aryl methyl sites for hydroxylation is 1. The van der Waals surface area contributed by atoms with Gasteiger partial charge in [0.25, 0.3) is 0 Å². The van der Waals surface area contributed by atoms with Crippen LogP contribution in [0.2, 0.25) is 0 Å². The molecule has 164 valence electrons. The maximum atomic E-state index is 14.8. The number of aromatic nitrogens is 5. The van der Waals surface area contributed by atoms with E-state index in [0.29, 0.717) is 24.4 Å². The van der Waals surface area contributed by atoms with Gasteiger partial charge >= 0.3 is 0 Å². The van der Waals surface area contributed by atoms with Crippen molar-refractivity contribution in [3.63, 3.8) is 0 Å². The maximum Gasteiger partial charge on any atom is 0.159 e. The van der Waals surface area contributed by atoms with Crippen LogP contribution in [0, 0.1) is 24.6 Å². The van der Waals surface area contributed by atoms with Crippen molar-refractivity contribution < 1.29 is 4.39 Å². The highest BCUT2D eigenvalue weighted by Gasteiger charge is 2.23. The fraction of sp³-hybridized carbons (Fsp3) is 0.111. The molecule has 0 spiro atoms. The first-order valence-corrected chi connectivity index (χ1v) is 10.9. The van der Waals surface area contributed by atoms with E-state index in [0.717, 1.165) is 39.5 Å². The van der Waals surface area contributed by atoms with Crippen molar-refractivity contribution in [2.24, 2.45) is 4.99 Å². The summed E-state index contributed by atoms with van der Waals surface area (Å²) in [5.41, 5.74) is 5.51. The van der Waals surface area contributed by atoms with Gasteiger partial charge in [-0.05, 0) is 49.4 Å². The fourth-order valence-corrected chi connectivity index (χ4v) is 4.30. The topological polar surface area (TPSA) is 60.9 Å². The zero-order valence-electron chi connectivity index (χ0n) is 18.4. The van der Waals surface area contributed by atoms with Crippen molar-refractivity contribution in [2.75, 3.05) is 0 Å². The second-order valence-electron chi connectivity index (χ2n) is 8.04. The Bertz CT molecular complexity index is 1650. The summed E-state index contributed by atoms with van der Waals surface area (Å²) in [4.78, 5) is 9.16. The number of aliphatic imine (C=N–C) groups is 1. The van der Waals surface area contributed by atoms with Gasteiger partial charge in [0.1, 0.15) is 18.2 Å². The number of halogens is 1. The van der Waals surface area contributed by atoms with Crippen LogP contribution in [0.5, 0.6) is 0 Å². The predicted octanol–water partition coefficient (Wildman–Crippen LogP) is 4.47. The minimum Gasteiger partial charge on any atom is -0.319 e. The van der Waals surface area contributed by atoms with Crippen LogP contribution in [0.3, 0.4) is 0 Å². The Labute approximate surface area is 195 Å². The molecule has 0 radical (unpaired) electrons. The first-order valence-electron chi connectivity index (χ1n) is 10.9. The molecule has 2 aromatic heterocycles. The van der Waals surface area contributed by atoms with Gasteiger partial charge in [0.15, 0.2) is 5.82 Å². The van der Waals surface area contributed by atoms with Gasteiger partial charge in [0.05, 0.1) is 35.3 Å². The molecule has 7 heteroatoms. The third-order valence-electron chi connectivity index (χ3n) is 5.90. The molecular formula is C27H19FN6. The van der Waals surface area contributed by atoms with E-state index in [2.05, 4.69) is 27.0 Å². The van der Waals surface area contributed by atoms with E-state index in [1.807, 2.05) is 64.6 Å². The van der Waals surface area contributed by atoms with Gasteiger partial charge in [0, 0.05) is 16.7 Å². The molecule has 0 saturated heterocycles. The lowest BCUT2D eigenvalue weighted by atomic mass is 9.98. The van der Waals surface area contributed by atoms with Crippen LogP contribution in [0.4, 0.5) is 4.39 Å². The Morgan fingerprint density at radius 1 is 0.971 bits per heavy atom. The van der Waals surface area contributed by atoms with Crippen LogP contribution in [-0.2, 0) is 13.1 Å². The Kier molecular flexibility index (Phi) is 4.77. The highest BCUT2D eigenvalue weighted by Crippen LogP contribution is 2.27. The smallest absolute Gasteiger partial charge is 0.159 e. The highest BCUT2D eigenvalue weighted by molar-refractivity contribution is 6.15. The van der Waals surface area contributed by atoms with Crippen molar-refractivity contribution >= 4 is 16.7 Å². The third-order valence-corrected chi connectivity index (χ3v) is 5.90. The lowest BCUT2D eigenvalue weighted by Crippen LogP contribution is -2.10. The van der Waals surface area contributed by atoms with E-state index >= 15 is 0 Å². The summed E-state index contributed by atoms with van der Waals surface area (Å²) in [6, 6.07) is 20.6. The molecule has 1 aliphatic rings. The van der Waals surface area contributed by atoms with E-state index in [9.17, 15) is 4.39 Å². The number of imidazole rings is 1. The molecule has 1 aliphatic heterocycles. The average Bonchev–Trinajstić information content (AvgIpc) is 3.39. The predicted molar refractivity (Wildman–Crippen MR) is 128 cm³/mol. The number of hydrogen-bond acceptors (Lipinski definition) is 4. The monoisotopic (exact) mass is 446 g/mol. The summed E-state index contributed by atoms with van der Waals surface area (Å²) in [6.07, 6.45) is 1.80. The number of rotatable bonds is 2. The minimum absolute atomic E-state index is 0.313. The van der Waals surface area contributed by atoms with Crippen LogP contribution in [0.1, 0.15) is 28.3 Å². The number of fused-ring (bicyclic) bond motifs is 4. The molecule has 0 bridgehead atoms. The normalized spacial score (nSPS) is 12.4. The van der Waals surface area contributed by atoms with Crippen molar-refractivity contribution in [3.05, 3.63) is 107 Å². The molecule has 6 nitrogen and oxygen atoms in total. The standard InChI is InChI=1S/C27H19FN6/c1-18-31-32-26-16-29-27(20-8-2-3-9-22(20)28)21-15-19(12-13-24(21)34(18)26)7-6-14-33-17-30-23-10-4-5-11-25(23)33/h2-5,8-13,15,17H,14,16H2,1H3. The van der Waals surface area contributed by atoms with Gasteiger partial charge in [0.2, 0.25) is 0 Å². The van der Waals surface area contributed by atoms with Gasteiger partial charge in [-0.15, -0.1) is 10.2 Å². The van der Waals surface area contributed by atoms with Crippen LogP contribution in [0.25, 0.3) is 16.7 Å². The number of para-hydroxylation sites is 2. The van der Waals surface area contributed by atoms with Crippen LogP contribution >= 0.6 is 0 Å². The molecule has 0 fully saturated rings. The maximum absolute atomic E-state index is 14.8. The number of hydrogen-bond donors (Lipinski definition) is 0. The van der Waals surface area contributed by atoms with Gasteiger partial charge in [-0.3, -0.25) is 9.56 Å². The summed E-state index contributed by atoms with van der Waals surface area (Å²) >= 11 is 0. The summed E-state index contributed by atoms with van der Waals surface area (Å²) < 4.78 is 18.8. The summed E-state index contributed by atoms with van der Waals surface area (Å²) in [5.74, 6) is 7.65. The van der Waals surface area contributed by atoms with Crippen molar-refractivity contribution in [3.8, 4) is 17.5 Å². The second-order valence-corrected chi connectivity index (χ2v) is 8.04. The Morgan fingerprint density at radius 3 is 2.74 bits per heavy atom. The van der Waals surface area contributed by atoms with Crippen molar-refractivity contribution in [1.29, 1.82) is 0 Å². The molecule has 0 amide bonds. The van der Waals surface area contributed by atoms with Crippen LogP contribution in [0.15, 0.2) is 78.0 Å². The van der Waals surface area contributed by atoms with Crippen molar-refractivity contribution in [1.82, 2.24) is 24.3 Å². The van der Waals surface area contributed by atoms with Crippen LogP contribution < -0.4 is 0 Å². The molecular weight excluding hydrogens is 427 g/mol. The first-order chi connectivity index (χ1) is 16.7. The Balaban J connectivity index is 1.43. The van der Waals surface area contributed by atoms with Gasteiger partial charge in [-0.1, -0.05) is 36.1 Å². The molecule has 0 N–H and O–H groups in total. The van der Waals surface area contributed by atoms with E-state index in [1.54, 1.807) is 18.5 Å². The van der Waals surface area contributed by atoms with E-state index in [1.165, 1.54) is 6.07 Å². The molecule has 3 aromatic carbocycles. The van der Waals surface area contributed by atoms with Crippen LogP contribution in [-0.4, -0.2) is 30.0 Å². The lowest BCUT2D eigenvalue weighted by molar-refractivity contribution is 0.625. The number of benzene rings is 3. The molecule has 3 heterocycles. The summed E-state index contributed by atoms with van der Waals surface area (Å²) in [5, 5.41) is 8.48. The first kappa shape index (κ1) is 20.1. The summed E-state index contributed by atoms with van der Waals surface area (Å²) in [7, 11) is 0. The Hall–Kier alpha value is -4.57. The van der Waals surface area contributed by atoms with Gasteiger partial charge in [-0.25, -0.2) is 9.37 Å². The molecule has 0 aliphatic carbocycles. The van der Waals surface area contributed by atoms with Gasteiger partial charge < -0.3 is 4.57 Å². The highest BCUT2D eigenvalue weighted by atomic mass is 19.1. The van der Waals surface area contributed by atoms with Gasteiger partial charge in [-0.2, -0.15) is 0 Å². The lowest BCUT2D eigenvalue weighted by Gasteiger charge is -2.13. The van der Waals surface area contributed by atoms with E-state index in [-0.39, 0.29) is 5.82 Å². The SMILES string of the molecule is Cc1nnc2n1-c1ccc(C#CCn3cnc4ccccc43)cc1C(c1ccccc1F)=NC2. The molecule has 0 saturated carbocycles. The molecule has 6 rings (SSSR count). The average molecular weight is 446 g/mol. The zero-order valence-corrected chi connectivity index (χ0v) is 18.4. The molecule has 0 atom stereocenters. The van der Waals surface area contributed by atoms with E-state index < -0.39 is 0 Å². The Morgan fingerprint density at radius 2 is 1.82 bits per heavy atom. The van der Waals surface area contributed by atoms with E-state index in [4.69, 9.17) is 4.99 Å². The summed E-state index contributed by atoms with van der Waals surface area (Å²) in [6.45, 7) is 2.73. The third kappa shape index (κ3) is 3.37. The zero-order chi connectivity index (χ0) is 23.1. The fourth-order valence-electron chi connectivity index (χ4n) is 4.30. The minimum atomic E-state index is -0.315. The van der Waals surface area contributed by atoms with Crippen molar-refractivity contribution in [2.45, 2.75) is 20.0 Å².